The minimum absolute atomic E-state index is 0.191. The van der Waals surface area contributed by atoms with Crippen LogP contribution in [0.25, 0.3) is 10.8 Å². The van der Waals surface area contributed by atoms with Crippen molar-refractivity contribution in [3.63, 3.8) is 0 Å². The van der Waals surface area contributed by atoms with Gasteiger partial charge in [0.25, 0.3) is 0 Å². The maximum Gasteiger partial charge on any atom is 0.417 e. The zero-order chi connectivity index (χ0) is 15.6. The van der Waals surface area contributed by atoms with E-state index in [1.54, 1.807) is 18.2 Å². The first kappa shape index (κ1) is 15.1. The van der Waals surface area contributed by atoms with E-state index in [1.807, 2.05) is 0 Å². The monoisotopic (exact) mass is 300 g/mol. The SMILES string of the molecule is O=C(O)c1ccc2ccccc2c1OCC(O)C(F)(F)F. The number of alkyl halides is 3. The molecule has 2 rings (SSSR count). The largest absolute Gasteiger partial charge is 0.489 e. The molecule has 0 radical (unpaired) electrons. The molecule has 0 aliphatic heterocycles. The number of hydrogen-bond donors (Lipinski definition) is 2. The highest BCUT2D eigenvalue weighted by molar-refractivity contribution is 6.00. The van der Waals surface area contributed by atoms with E-state index < -0.39 is 24.9 Å². The molecule has 0 aliphatic carbocycles. The Labute approximate surface area is 117 Å². The summed E-state index contributed by atoms with van der Waals surface area (Å²) < 4.78 is 41.8. The van der Waals surface area contributed by atoms with Crippen molar-refractivity contribution in [2.24, 2.45) is 0 Å². The van der Waals surface area contributed by atoms with E-state index in [-0.39, 0.29) is 11.3 Å². The molecule has 0 bridgehead atoms. The Morgan fingerprint density at radius 3 is 2.48 bits per heavy atom. The van der Waals surface area contributed by atoms with Crippen LogP contribution in [0.15, 0.2) is 36.4 Å². The molecule has 0 fully saturated rings. The Morgan fingerprint density at radius 2 is 1.86 bits per heavy atom. The van der Waals surface area contributed by atoms with Gasteiger partial charge in [0.05, 0.1) is 0 Å². The van der Waals surface area contributed by atoms with Gasteiger partial charge in [-0.3, -0.25) is 0 Å². The molecule has 0 spiro atoms. The second kappa shape index (κ2) is 5.61. The van der Waals surface area contributed by atoms with Crippen molar-refractivity contribution < 1.29 is 32.9 Å². The molecule has 1 atom stereocenters. The van der Waals surface area contributed by atoms with Gasteiger partial charge in [-0.15, -0.1) is 0 Å². The molecule has 0 heterocycles. The Morgan fingerprint density at radius 1 is 1.19 bits per heavy atom. The summed E-state index contributed by atoms with van der Waals surface area (Å²) in [6.45, 7) is -1.07. The summed E-state index contributed by atoms with van der Waals surface area (Å²) in [5.41, 5.74) is -0.261. The number of carboxylic acid groups (broad SMARTS) is 1. The molecule has 0 saturated carbocycles. The zero-order valence-electron chi connectivity index (χ0n) is 10.6. The molecule has 0 saturated heterocycles. The maximum atomic E-state index is 12.3. The highest BCUT2D eigenvalue weighted by atomic mass is 19.4. The van der Waals surface area contributed by atoms with Crippen molar-refractivity contribution in [2.75, 3.05) is 6.61 Å². The third-order valence-corrected chi connectivity index (χ3v) is 2.87. The molecule has 4 nitrogen and oxygen atoms in total. The average molecular weight is 300 g/mol. The van der Waals surface area contributed by atoms with Crippen LogP contribution in [0.1, 0.15) is 10.4 Å². The summed E-state index contributed by atoms with van der Waals surface area (Å²) in [7, 11) is 0. The van der Waals surface area contributed by atoms with Crippen LogP contribution in [0.2, 0.25) is 0 Å². The third-order valence-electron chi connectivity index (χ3n) is 2.87. The number of aliphatic hydroxyl groups is 1. The highest BCUT2D eigenvalue weighted by Crippen LogP contribution is 2.31. The van der Waals surface area contributed by atoms with E-state index in [9.17, 15) is 18.0 Å². The molecule has 0 amide bonds. The van der Waals surface area contributed by atoms with E-state index in [4.69, 9.17) is 14.9 Å². The third kappa shape index (κ3) is 3.25. The fourth-order valence-corrected chi connectivity index (χ4v) is 1.82. The van der Waals surface area contributed by atoms with Gasteiger partial charge in [0, 0.05) is 5.39 Å². The van der Waals surface area contributed by atoms with Crippen LogP contribution in [0.3, 0.4) is 0 Å². The molecule has 112 valence electrons. The number of hydrogen-bond acceptors (Lipinski definition) is 3. The zero-order valence-corrected chi connectivity index (χ0v) is 10.6. The lowest BCUT2D eigenvalue weighted by molar-refractivity contribution is -0.210. The van der Waals surface area contributed by atoms with E-state index in [0.29, 0.717) is 10.8 Å². The summed E-state index contributed by atoms with van der Waals surface area (Å²) >= 11 is 0. The molecule has 2 N–H and O–H groups in total. The van der Waals surface area contributed by atoms with E-state index in [0.717, 1.165) is 0 Å². The second-order valence-corrected chi connectivity index (χ2v) is 4.34. The number of halogens is 3. The van der Waals surface area contributed by atoms with E-state index in [2.05, 4.69) is 0 Å². The van der Waals surface area contributed by atoms with Gasteiger partial charge in [-0.2, -0.15) is 13.2 Å². The number of aromatic carboxylic acids is 1. The second-order valence-electron chi connectivity index (χ2n) is 4.34. The van der Waals surface area contributed by atoms with Crippen molar-refractivity contribution in [3.8, 4) is 5.75 Å². The topological polar surface area (TPSA) is 66.8 Å². The quantitative estimate of drug-likeness (QED) is 0.911. The number of aliphatic hydroxyl groups excluding tert-OH is 1. The van der Waals surface area contributed by atoms with Gasteiger partial charge >= 0.3 is 12.1 Å². The normalized spacial score (nSPS) is 13.1. The smallest absolute Gasteiger partial charge is 0.417 e. The van der Waals surface area contributed by atoms with Crippen LogP contribution in [-0.4, -0.2) is 35.1 Å². The van der Waals surface area contributed by atoms with Crippen molar-refractivity contribution in [2.45, 2.75) is 12.3 Å². The molecule has 2 aromatic rings. The maximum absolute atomic E-state index is 12.3. The molecular weight excluding hydrogens is 289 g/mol. The molecule has 7 heteroatoms. The molecule has 21 heavy (non-hydrogen) atoms. The van der Waals surface area contributed by atoms with Crippen molar-refractivity contribution in [1.29, 1.82) is 0 Å². The lowest BCUT2D eigenvalue weighted by atomic mass is 10.1. The fraction of sp³-hybridized carbons (Fsp3) is 0.214. The Bertz CT molecular complexity index is 667. The van der Waals surface area contributed by atoms with Gasteiger partial charge in [-0.05, 0) is 11.5 Å². The lowest BCUT2D eigenvalue weighted by Gasteiger charge is -2.17. The Hall–Kier alpha value is -2.28. The molecule has 2 aromatic carbocycles. The fourth-order valence-electron chi connectivity index (χ4n) is 1.82. The van der Waals surface area contributed by atoms with E-state index in [1.165, 1.54) is 18.2 Å². The Kier molecular flexibility index (Phi) is 4.04. The lowest BCUT2D eigenvalue weighted by Crippen LogP contribution is -2.34. The first-order chi connectivity index (χ1) is 9.80. The molecular formula is C14H11F3O4. The summed E-state index contributed by atoms with van der Waals surface area (Å²) in [6.07, 6.45) is -7.51. The first-order valence-electron chi connectivity index (χ1n) is 5.93. The summed E-state index contributed by atoms with van der Waals surface area (Å²) in [4.78, 5) is 11.1. The van der Waals surface area contributed by atoms with E-state index >= 15 is 0 Å². The van der Waals surface area contributed by atoms with Gasteiger partial charge in [-0.25, -0.2) is 4.79 Å². The Balaban J connectivity index is 2.40. The number of ether oxygens (including phenoxy) is 1. The van der Waals surface area contributed by atoms with Crippen LogP contribution < -0.4 is 4.74 Å². The van der Waals surface area contributed by atoms with Gasteiger partial charge in [0.2, 0.25) is 0 Å². The minimum Gasteiger partial charge on any atom is -0.489 e. The van der Waals surface area contributed by atoms with Crippen molar-refractivity contribution >= 4 is 16.7 Å². The molecule has 0 aromatic heterocycles. The highest BCUT2D eigenvalue weighted by Gasteiger charge is 2.39. The van der Waals surface area contributed by atoms with Crippen molar-refractivity contribution in [1.82, 2.24) is 0 Å². The first-order valence-corrected chi connectivity index (χ1v) is 5.93. The molecule has 1 unspecified atom stereocenters. The number of carbonyl (C=O) groups is 1. The summed E-state index contributed by atoms with van der Waals surface area (Å²) in [5, 5.41) is 19.0. The van der Waals surface area contributed by atoms with Crippen LogP contribution >= 0.6 is 0 Å². The predicted molar refractivity (Wildman–Crippen MR) is 68.5 cm³/mol. The van der Waals surface area contributed by atoms with Gasteiger partial charge in [-0.1, -0.05) is 30.3 Å². The van der Waals surface area contributed by atoms with Gasteiger partial charge in [0.1, 0.15) is 17.9 Å². The van der Waals surface area contributed by atoms with Gasteiger partial charge < -0.3 is 14.9 Å². The standard InChI is InChI=1S/C14H11F3O4/c15-14(16,17)11(18)7-21-12-9-4-2-1-3-8(9)5-6-10(12)13(19)20/h1-6,11,18H,7H2,(H,19,20). The van der Waals surface area contributed by atoms with Crippen LogP contribution in [0.5, 0.6) is 5.75 Å². The average Bonchev–Trinajstić information content (AvgIpc) is 2.42. The predicted octanol–water partition coefficient (Wildman–Crippen LogP) is 2.84. The van der Waals surface area contributed by atoms with Crippen LogP contribution in [-0.2, 0) is 0 Å². The number of fused-ring (bicyclic) bond motifs is 1. The number of carboxylic acids is 1. The molecule has 0 aliphatic rings. The summed E-state index contributed by atoms with van der Waals surface area (Å²) in [6, 6.07) is 9.31. The van der Waals surface area contributed by atoms with Crippen molar-refractivity contribution in [3.05, 3.63) is 42.0 Å². The number of benzene rings is 2. The van der Waals surface area contributed by atoms with Crippen LogP contribution in [0, 0.1) is 0 Å². The summed E-state index contributed by atoms with van der Waals surface area (Å²) in [5.74, 6) is -1.51. The van der Waals surface area contributed by atoms with Crippen LogP contribution in [0.4, 0.5) is 13.2 Å². The van der Waals surface area contributed by atoms with Gasteiger partial charge in [0.15, 0.2) is 6.10 Å². The number of rotatable bonds is 4. The minimum atomic E-state index is -4.83.